The van der Waals surface area contributed by atoms with E-state index < -0.39 is 12.2 Å². The number of nitrogens with one attached hydrogen (secondary N) is 2. The predicted octanol–water partition coefficient (Wildman–Crippen LogP) is 10.1. The zero-order valence-electron chi connectivity index (χ0n) is 28.6. The molecule has 0 spiro atoms. The number of rotatable bonds is 11. The highest BCUT2D eigenvalue weighted by Gasteiger charge is 2.18. The number of carbonyl (C=O) groups excluding carboxylic acids is 2. The lowest BCUT2D eigenvalue weighted by Gasteiger charge is -2.17. The van der Waals surface area contributed by atoms with Crippen molar-refractivity contribution in [3.05, 3.63) is 157 Å². The Morgan fingerprint density at radius 2 is 0.760 bits per heavy atom. The Balaban J connectivity index is 1.03. The fraction of sp³-hybridized carbons (Fsp3) is 0.136. The van der Waals surface area contributed by atoms with Gasteiger partial charge in [0.25, 0.3) is 11.8 Å². The second kappa shape index (κ2) is 15.4. The molecule has 6 heteroatoms. The molecule has 0 bridgehead atoms. The normalized spacial score (nSPS) is 12.0. The highest BCUT2D eigenvalue weighted by molar-refractivity contribution is 5.96. The summed E-state index contributed by atoms with van der Waals surface area (Å²) in [7, 11) is 0. The third kappa shape index (κ3) is 8.28. The fourth-order valence-electron chi connectivity index (χ4n) is 5.66. The van der Waals surface area contributed by atoms with E-state index in [1.165, 1.54) is 0 Å². The van der Waals surface area contributed by atoms with E-state index in [9.17, 15) is 9.59 Å². The van der Waals surface area contributed by atoms with Crippen LogP contribution in [0.1, 0.15) is 25.0 Å². The van der Waals surface area contributed by atoms with E-state index in [0.29, 0.717) is 11.5 Å². The van der Waals surface area contributed by atoms with Crippen molar-refractivity contribution in [2.45, 2.75) is 39.9 Å². The number of benzene rings is 6. The predicted molar refractivity (Wildman–Crippen MR) is 203 cm³/mol. The number of hydrogen-bond donors (Lipinski definition) is 2. The second-order valence-electron chi connectivity index (χ2n) is 12.3. The molecule has 250 valence electrons. The van der Waals surface area contributed by atoms with Gasteiger partial charge < -0.3 is 20.1 Å². The molecule has 0 radical (unpaired) electrons. The molecule has 2 amide bonds. The van der Waals surface area contributed by atoms with Crippen LogP contribution in [0.4, 0.5) is 11.4 Å². The molecule has 2 atom stereocenters. The summed E-state index contributed by atoms with van der Waals surface area (Å²) < 4.78 is 11.9. The second-order valence-corrected chi connectivity index (χ2v) is 12.3. The largest absolute Gasteiger partial charge is 0.481 e. The Morgan fingerprint density at radius 3 is 1.10 bits per heavy atom. The lowest BCUT2D eigenvalue weighted by molar-refractivity contribution is -0.122. The molecule has 6 rings (SSSR count). The third-order valence-electron chi connectivity index (χ3n) is 8.59. The van der Waals surface area contributed by atoms with Crippen LogP contribution >= 0.6 is 0 Å². The van der Waals surface area contributed by atoms with Gasteiger partial charge in [0.1, 0.15) is 11.5 Å². The van der Waals surface area contributed by atoms with Crippen LogP contribution in [0.5, 0.6) is 11.5 Å². The van der Waals surface area contributed by atoms with E-state index in [0.717, 1.165) is 55.9 Å². The molecule has 0 aliphatic carbocycles. The first-order valence-corrected chi connectivity index (χ1v) is 16.7. The molecule has 50 heavy (non-hydrogen) atoms. The maximum absolute atomic E-state index is 13.0. The van der Waals surface area contributed by atoms with Crippen LogP contribution in [-0.2, 0) is 9.59 Å². The van der Waals surface area contributed by atoms with Gasteiger partial charge in [0.15, 0.2) is 12.2 Å². The van der Waals surface area contributed by atoms with E-state index in [2.05, 4.69) is 34.9 Å². The Hall–Kier alpha value is -6.14. The molecule has 2 unspecified atom stereocenters. The lowest BCUT2D eigenvalue weighted by Crippen LogP contribution is -2.30. The van der Waals surface area contributed by atoms with Crippen molar-refractivity contribution in [3.63, 3.8) is 0 Å². The fourth-order valence-corrected chi connectivity index (χ4v) is 5.66. The summed E-state index contributed by atoms with van der Waals surface area (Å²) in [5, 5.41) is 6.01. The molecule has 6 aromatic rings. The molecular formula is C44H40N2O4. The van der Waals surface area contributed by atoms with Gasteiger partial charge in [-0.25, -0.2) is 0 Å². The van der Waals surface area contributed by atoms with Crippen LogP contribution in [0.2, 0.25) is 0 Å². The molecule has 2 N–H and O–H groups in total. The van der Waals surface area contributed by atoms with E-state index in [-0.39, 0.29) is 11.8 Å². The van der Waals surface area contributed by atoms with E-state index in [1.54, 1.807) is 13.8 Å². The summed E-state index contributed by atoms with van der Waals surface area (Å²) >= 11 is 0. The van der Waals surface area contributed by atoms with Crippen LogP contribution < -0.4 is 20.1 Å². The molecular weight excluding hydrogens is 620 g/mol. The van der Waals surface area contributed by atoms with Crippen molar-refractivity contribution in [3.8, 4) is 44.9 Å². The van der Waals surface area contributed by atoms with Crippen molar-refractivity contribution in [1.29, 1.82) is 0 Å². The molecule has 0 heterocycles. The van der Waals surface area contributed by atoms with Gasteiger partial charge in [-0.1, -0.05) is 97.1 Å². The minimum atomic E-state index is -0.685. The summed E-state index contributed by atoms with van der Waals surface area (Å²) in [5.74, 6) is 0.799. The summed E-state index contributed by atoms with van der Waals surface area (Å²) in [6.45, 7) is 7.41. The molecule has 0 aliphatic rings. The summed E-state index contributed by atoms with van der Waals surface area (Å²) in [5.41, 5.74) is 9.71. The Morgan fingerprint density at radius 1 is 0.440 bits per heavy atom. The Labute approximate surface area is 293 Å². The monoisotopic (exact) mass is 660 g/mol. The Kier molecular flexibility index (Phi) is 10.4. The van der Waals surface area contributed by atoms with Crippen LogP contribution in [0, 0.1) is 13.8 Å². The topological polar surface area (TPSA) is 76.7 Å². The highest BCUT2D eigenvalue weighted by Crippen LogP contribution is 2.29. The number of carbonyl (C=O) groups is 2. The maximum Gasteiger partial charge on any atom is 0.265 e. The third-order valence-corrected chi connectivity index (χ3v) is 8.59. The molecule has 0 saturated heterocycles. The molecule has 6 aromatic carbocycles. The summed E-state index contributed by atoms with van der Waals surface area (Å²) in [6.07, 6.45) is -1.37. The molecule has 0 aliphatic heterocycles. The van der Waals surface area contributed by atoms with Crippen LogP contribution in [0.25, 0.3) is 33.4 Å². The van der Waals surface area contributed by atoms with E-state index >= 15 is 0 Å². The van der Waals surface area contributed by atoms with Gasteiger partial charge in [0.2, 0.25) is 0 Å². The van der Waals surface area contributed by atoms with E-state index in [4.69, 9.17) is 9.47 Å². The van der Waals surface area contributed by atoms with Crippen molar-refractivity contribution in [1.82, 2.24) is 0 Å². The summed E-state index contributed by atoms with van der Waals surface area (Å²) in [6, 6.07) is 47.5. The maximum atomic E-state index is 13.0. The van der Waals surface area contributed by atoms with Crippen LogP contribution in [0.3, 0.4) is 0 Å². The number of ether oxygens (including phenoxy) is 2. The average molecular weight is 661 g/mol. The minimum absolute atomic E-state index is 0.230. The number of anilines is 2. The Bertz CT molecular complexity index is 1920. The van der Waals surface area contributed by atoms with Gasteiger partial charge in [-0.05, 0) is 121 Å². The van der Waals surface area contributed by atoms with Crippen molar-refractivity contribution < 1.29 is 19.1 Å². The lowest BCUT2D eigenvalue weighted by atomic mass is 9.99. The molecule has 0 aromatic heterocycles. The van der Waals surface area contributed by atoms with Crippen molar-refractivity contribution >= 4 is 23.2 Å². The molecule has 0 fully saturated rings. The smallest absolute Gasteiger partial charge is 0.265 e. The highest BCUT2D eigenvalue weighted by atomic mass is 16.5. The van der Waals surface area contributed by atoms with E-state index in [1.807, 2.05) is 135 Å². The van der Waals surface area contributed by atoms with Crippen LogP contribution in [0.15, 0.2) is 146 Å². The molecule has 6 nitrogen and oxygen atoms in total. The first kappa shape index (κ1) is 33.7. The van der Waals surface area contributed by atoms with Gasteiger partial charge in [-0.15, -0.1) is 0 Å². The van der Waals surface area contributed by atoms with Gasteiger partial charge >= 0.3 is 0 Å². The van der Waals surface area contributed by atoms with Crippen LogP contribution in [-0.4, -0.2) is 24.0 Å². The zero-order chi connectivity index (χ0) is 35.0. The first-order valence-electron chi connectivity index (χ1n) is 16.7. The SMILES string of the molecule is Cc1cc(-c2ccc(NC(=O)C(C)Oc3ccc(-c4ccccc4)cc3)c(C)c2)ccc1NC(=O)C(C)Oc1ccc(-c2ccccc2)cc1. The van der Waals surface area contributed by atoms with Crippen molar-refractivity contribution in [2.24, 2.45) is 0 Å². The van der Waals surface area contributed by atoms with Gasteiger partial charge in [0, 0.05) is 11.4 Å². The molecule has 0 saturated carbocycles. The standard InChI is InChI=1S/C44H40N2O4/c1-29-27-37(19-25-41(29)45-43(47)31(3)49-39-21-15-35(16-22-39)33-11-7-5-8-12-33)38-20-26-42(30(2)28-38)46-44(48)32(4)50-40-23-17-36(18-24-40)34-13-9-6-10-14-34/h5-28,31-32H,1-4H3,(H,45,47)(H,46,48). The minimum Gasteiger partial charge on any atom is -0.481 e. The zero-order valence-corrected chi connectivity index (χ0v) is 28.6. The van der Waals surface area contributed by atoms with Gasteiger partial charge in [-0.3, -0.25) is 9.59 Å². The number of amides is 2. The van der Waals surface area contributed by atoms with Gasteiger partial charge in [0.05, 0.1) is 0 Å². The quantitative estimate of drug-likeness (QED) is 0.145. The average Bonchev–Trinajstić information content (AvgIpc) is 3.14. The van der Waals surface area contributed by atoms with Gasteiger partial charge in [-0.2, -0.15) is 0 Å². The first-order chi connectivity index (χ1) is 24.2. The van der Waals surface area contributed by atoms with Crippen molar-refractivity contribution in [2.75, 3.05) is 10.6 Å². The summed E-state index contributed by atoms with van der Waals surface area (Å²) in [4.78, 5) is 26.0. The number of hydrogen-bond acceptors (Lipinski definition) is 4. The number of aryl methyl sites for hydroxylation is 2.